The maximum atomic E-state index is 5.82. The summed E-state index contributed by atoms with van der Waals surface area (Å²) < 4.78 is 5.43. The first-order valence-corrected chi connectivity index (χ1v) is 8.86. The summed E-state index contributed by atoms with van der Waals surface area (Å²) in [5.74, 6) is 0.489. The van der Waals surface area contributed by atoms with Crippen molar-refractivity contribution in [1.29, 1.82) is 0 Å². The lowest BCUT2D eigenvalue weighted by atomic mass is 10.2. The van der Waals surface area contributed by atoms with E-state index in [2.05, 4.69) is 27.9 Å². The summed E-state index contributed by atoms with van der Waals surface area (Å²) in [6.45, 7) is 4.11. The number of fused-ring (bicyclic) bond motifs is 1. The van der Waals surface area contributed by atoms with Crippen molar-refractivity contribution >= 4 is 40.3 Å². The zero-order chi connectivity index (χ0) is 15.7. The summed E-state index contributed by atoms with van der Waals surface area (Å²) in [5, 5.41) is 2.75. The highest BCUT2D eigenvalue weighted by molar-refractivity contribution is 7.99. The van der Waals surface area contributed by atoms with Gasteiger partial charge in [-0.2, -0.15) is 0 Å². The maximum absolute atomic E-state index is 5.82. The predicted octanol–water partition coefficient (Wildman–Crippen LogP) is 4.08. The number of aryl methyl sites for hydroxylation is 1. The van der Waals surface area contributed by atoms with E-state index in [4.69, 9.17) is 10.2 Å². The molecule has 1 atom stereocenters. The fourth-order valence-electron chi connectivity index (χ4n) is 2.10. The van der Waals surface area contributed by atoms with Crippen LogP contribution in [-0.2, 0) is 0 Å². The van der Waals surface area contributed by atoms with Gasteiger partial charge in [0.15, 0.2) is 10.7 Å². The fraction of sp³-hybridized carbons (Fsp3) is 0.267. The monoisotopic (exact) mass is 332 g/mol. The molecule has 7 heteroatoms. The number of furan rings is 1. The topological polar surface area (TPSA) is 77.8 Å². The molecule has 114 valence electrons. The highest BCUT2D eigenvalue weighted by Gasteiger charge is 2.14. The first kappa shape index (κ1) is 15.2. The standard InChI is InChI=1S/C15H16N4OS2/c1-8-7-20-12-6-17-11(4-10(8)12)9(2)22-15-18-13(16)5-14(19-15)21-3/h4-7,9H,1-3H3,(H2,16,18,19)/t9-/m0/s1. The molecule has 0 amide bonds. The van der Waals surface area contributed by atoms with Gasteiger partial charge in [-0.15, -0.1) is 11.8 Å². The van der Waals surface area contributed by atoms with E-state index in [-0.39, 0.29) is 5.25 Å². The number of nitrogens with two attached hydrogens (primary N) is 1. The van der Waals surface area contributed by atoms with Gasteiger partial charge in [-0.1, -0.05) is 11.8 Å². The van der Waals surface area contributed by atoms with E-state index in [9.17, 15) is 0 Å². The third-order valence-corrected chi connectivity index (χ3v) is 4.90. The van der Waals surface area contributed by atoms with Crippen LogP contribution in [-0.4, -0.2) is 21.2 Å². The maximum Gasteiger partial charge on any atom is 0.191 e. The van der Waals surface area contributed by atoms with E-state index in [0.29, 0.717) is 11.0 Å². The van der Waals surface area contributed by atoms with E-state index >= 15 is 0 Å². The van der Waals surface area contributed by atoms with Gasteiger partial charge >= 0.3 is 0 Å². The molecule has 2 N–H and O–H groups in total. The molecule has 3 aromatic rings. The van der Waals surface area contributed by atoms with Crippen molar-refractivity contribution in [1.82, 2.24) is 15.0 Å². The number of aromatic nitrogens is 3. The largest absolute Gasteiger partial charge is 0.462 e. The number of anilines is 1. The molecule has 0 radical (unpaired) electrons. The summed E-state index contributed by atoms with van der Waals surface area (Å²) >= 11 is 3.10. The minimum atomic E-state index is 0.121. The van der Waals surface area contributed by atoms with Crippen LogP contribution in [0.4, 0.5) is 5.82 Å². The van der Waals surface area contributed by atoms with Gasteiger partial charge in [0.05, 0.1) is 23.4 Å². The second-order valence-corrected chi connectivity index (χ2v) is 7.04. The van der Waals surface area contributed by atoms with Crippen LogP contribution in [0.25, 0.3) is 11.0 Å². The Labute approximate surface area is 137 Å². The van der Waals surface area contributed by atoms with Gasteiger partial charge in [-0.25, -0.2) is 9.97 Å². The number of nitrogen functional groups attached to an aromatic ring is 1. The van der Waals surface area contributed by atoms with Crippen molar-refractivity contribution in [3.05, 3.63) is 35.9 Å². The highest BCUT2D eigenvalue weighted by atomic mass is 32.2. The van der Waals surface area contributed by atoms with E-state index in [0.717, 1.165) is 27.3 Å². The zero-order valence-electron chi connectivity index (χ0n) is 12.5. The lowest BCUT2D eigenvalue weighted by molar-refractivity contribution is 0.611. The van der Waals surface area contributed by atoms with Gasteiger partial charge in [0.2, 0.25) is 0 Å². The second kappa shape index (κ2) is 6.18. The number of nitrogens with zero attached hydrogens (tertiary/aromatic N) is 3. The lowest BCUT2D eigenvalue weighted by Crippen LogP contribution is -1.99. The van der Waals surface area contributed by atoms with Crippen molar-refractivity contribution in [2.75, 3.05) is 12.0 Å². The van der Waals surface area contributed by atoms with Gasteiger partial charge in [0.25, 0.3) is 0 Å². The smallest absolute Gasteiger partial charge is 0.191 e. The number of thioether (sulfide) groups is 2. The Hall–Kier alpha value is -1.73. The Kier molecular flexibility index (Phi) is 4.26. The molecular weight excluding hydrogens is 316 g/mol. The number of hydrogen-bond acceptors (Lipinski definition) is 7. The van der Waals surface area contributed by atoms with Gasteiger partial charge in [0.1, 0.15) is 10.8 Å². The molecule has 0 saturated heterocycles. The SMILES string of the molecule is CSc1cc(N)nc(S[C@@H](C)c2cc3c(C)coc3cn2)n1. The Morgan fingerprint density at radius 3 is 2.86 bits per heavy atom. The van der Waals surface area contributed by atoms with Gasteiger partial charge in [0, 0.05) is 11.5 Å². The number of pyridine rings is 1. The third kappa shape index (κ3) is 3.05. The first-order valence-electron chi connectivity index (χ1n) is 6.76. The molecule has 0 aliphatic heterocycles. The quantitative estimate of drug-likeness (QED) is 0.438. The zero-order valence-corrected chi connectivity index (χ0v) is 14.2. The molecule has 0 fully saturated rings. The molecule has 0 bridgehead atoms. The molecule has 0 aliphatic carbocycles. The number of hydrogen-bond donors (Lipinski definition) is 1. The van der Waals surface area contributed by atoms with Gasteiger partial charge in [-0.05, 0) is 31.7 Å². The van der Waals surface area contributed by atoms with Gasteiger partial charge < -0.3 is 10.2 Å². The summed E-state index contributed by atoms with van der Waals surface area (Å²) in [6.07, 6.45) is 5.48. The van der Waals surface area contributed by atoms with Crippen LogP contribution in [0.3, 0.4) is 0 Å². The predicted molar refractivity (Wildman–Crippen MR) is 91.2 cm³/mol. The van der Waals surface area contributed by atoms with Crippen LogP contribution >= 0.6 is 23.5 Å². The molecule has 0 saturated carbocycles. The molecule has 3 heterocycles. The van der Waals surface area contributed by atoms with Crippen LogP contribution in [0.1, 0.15) is 23.4 Å². The second-order valence-electron chi connectivity index (χ2n) is 4.90. The number of rotatable bonds is 4. The van der Waals surface area contributed by atoms with Crippen molar-refractivity contribution in [2.24, 2.45) is 0 Å². The van der Waals surface area contributed by atoms with Crippen molar-refractivity contribution in [3.63, 3.8) is 0 Å². The molecular formula is C15H16N4OS2. The molecule has 3 aromatic heterocycles. The van der Waals surface area contributed by atoms with E-state index in [1.807, 2.05) is 13.2 Å². The van der Waals surface area contributed by atoms with E-state index in [1.165, 1.54) is 0 Å². The molecule has 0 aromatic carbocycles. The first-order chi connectivity index (χ1) is 10.6. The summed E-state index contributed by atoms with van der Waals surface area (Å²) in [5.41, 5.74) is 8.72. The van der Waals surface area contributed by atoms with Crippen molar-refractivity contribution in [3.8, 4) is 0 Å². The molecule has 0 unspecified atom stereocenters. The lowest BCUT2D eigenvalue weighted by Gasteiger charge is -2.10. The van der Waals surface area contributed by atoms with Crippen molar-refractivity contribution in [2.45, 2.75) is 29.3 Å². The molecule has 3 rings (SSSR count). The van der Waals surface area contributed by atoms with Crippen LogP contribution in [0.2, 0.25) is 0 Å². The van der Waals surface area contributed by atoms with E-state index in [1.54, 1.807) is 42.1 Å². The third-order valence-electron chi connectivity index (χ3n) is 3.29. The highest BCUT2D eigenvalue weighted by Crippen LogP contribution is 2.34. The van der Waals surface area contributed by atoms with Crippen LogP contribution < -0.4 is 5.73 Å². The van der Waals surface area contributed by atoms with E-state index < -0.39 is 0 Å². The Balaban J connectivity index is 1.87. The summed E-state index contributed by atoms with van der Waals surface area (Å²) in [4.78, 5) is 13.2. The molecule has 22 heavy (non-hydrogen) atoms. The average molecular weight is 332 g/mol. The van der Waals surface area contributed by atoms with Crippen molar-refractivity contribution < 1.29 is 4.42 Å². The van der Waals surface area contributed by atoms with Gasteiger partial charge in [-0.3, -0.25) is 4.98 Å². The van der Waals surface area contributed by atoms with Crippen LogP contribution in [0.5, 0.6) is 0 Å². The Morgan fingerprint density at radius 2 is 2.09 bits per heavy atom. The average Bonchev–Trinajstić information content (AvgIpc) is 2.87. The summed E-state index contributed by atoms with van der Waals surface area (Å²) in [7, 11) is 0. The minimum Gasteiger partial charge on any atom is -0.462 e. The fourth-order valence-corrected chi connectivity index (χ4v) is 3.44. The Bertz CT molecular complexity index is 818. The summed E-state index contributed by atoms with van der Waals surface area (Å²) in [6, 6.07) is 3.84. The molecule has 0 aliphatic rings. The normalized spacial score (nSPS) is 12.7. The molecule has 0 spiro atoms. The van der Waals surface area contributed by atoms with Crippen LogP contribution in [0.15, 0.2) is 39.2 Å². The van der Waals surface area contributed by atoms with Crippen LogP contribution in [0, 0.1) is 6.92 Å². The molecule has 5 nitrogen and oxygen atoms in total. The Morgan fingerprint density at radius 1 is 1.27 bits per heavy atom. The minimum absolute atomic E-state index is 0.121.